The Hall–Kier alpha value is -3.22. The quantitative estimate of drug-likeness (QED) is 0.517. The summed E-state index contributed by atoms with van der Waals surface area (Å²) in [5.41, 5.74) is 3.56. The zero-order chi connectivity index (χ0) is 21.3. The Morgan fingerprint density at radius 3 is 2.67 bits per heavy atom. The average Bonchev–Trinajstić information content (AvgIpc) is 3.19. The molecule has 1 aliphatic rings. The maximum absolute atomic E-state index is 11.6. The fourth-order valence-electron chi connectivity index (χ4n) is 3.44. The van der Waals surface area contributed by atoms with E-state index in [2.05, 4.69) is 46.7 Å². The lowest BCUT2D eigenvalue weighted by Crippen LogP contribution is -2.40. The molecule has 0 atom stereocenters. The third-order valence-electron chi connectivity index (χ3n) is 4.85. The van der Waals surface area contributed by atoms with Gasteiger partial charge in [-0.2, -0.15) is 0 Å². The summed E-state index contributed by atoms with van der Waals surface area (Å²) in [6, 6.07) is 14.1. The minimum absolute atomic E-state index is 0.0410. The number of likely N-dealkylation sites (N-methyl/N-ethyl adjacent to an activating group) is 1. The Labute approximate surface area is 178 Å². The number of amides is 1. The first-order valence-corrected chi connectivity index (χ1v) is 10.4. The van der Waals surface area contributed by atoms with Crippen LogP contribution < -0.4 is 25.0 Å². The third-order valence-corrected chi connectivity index (χ3v) is 4.85. The second-order valence-corrected chi connectivity index (χ2v) is 6.93. The van der Waals surface area contributed by atoms with Gasteiger partial charge in [0, 0.05) is 25.3 Å². The number of ether oxygens (including phenoxy) is 2. The van der Waals surface area contributed by atoms with Crippen molar-refractivity contribution in [2.45, 2.75) is 26.8 Å². The van der Waals surface area contributed by atoms with E-state index >= 15 is 0 Å². The third kappa shape index (κ3) is 5.23. The molecule has 0 fully saturated rings. The molecule has 0 aliphatic carbocycles. The number of hydrogen-bond donors (Lipinski definition) is 2. The number of para-hydroxylation sites is 1. The van der Waals surface area contributed by atoms with Gasteiger partial charge < -0.3 is 25.0 Å². The number of hydrogen-bond acceptors (Lipinski definition) is 4. The number of methoxy groups -OCH3 is 1. The molecule has 7 heteroatoms. The summed E-state index contributed by atoms with van der Waals surface area (Å²) in [7, 11) is 1.59. The largest absolute Gasteiger partial charge is 0.493 e. The maximum atomic E-state index is 11.6. The Morgan fingerprint density at radius 2 is 1.90 bits per heavy atom. The van der Waals surface area contributed by atoms with Crippen LogP contribution in [-0.4, -0.2) is 45.2 Å². The summed E-state index contributed by atoms with van der Waals surface area (Å²) in [6.07, 6.45) is 1.02. The van der Waals surface area contributed by atoms with Gasteiger partial charge in [-0.05, 0) is 49.6 Å². The zero-order valence-corrected chi connectivity index (χ0v) is 17.9. The smallest absolute Gasteiger partial charge is 0.257 e. The van der Waals surface area contributed by atoms with Crippen molar-refractivity contribution < 1.29 is 14.3 Å². The first-order chi connectivity index (χ1) is 14.7. The Kier molecular flexibility index (Phi) is 7.54. The summed E-state index contributed by atoms with van der Waals surface area (Å²) in [5.74, 6) is 1.84. The van der Waals surface area contributed by atoms with Gasteiger partial charge in [-0.1, -0.05) is 24.3 Å². The first-order valence-electron chi connectivity index (χ1n) is 10.4. The van der Waals surface area contributed by atoms with Crippen molar-refractivity contribution >= 4 is 17.6 Å². The lowest BCUT2D eigenvalue weighted by Gasteiger charge is -2.22. The fourth-order valence-corrected chi connectivity index (χ4v) is 3.44. The molecule has 0 bridgehead atoms. The molecule has 30 heavy (non-hydrogen) atoms. The molecule has 0 saturated carbocycles. The van der Waals surface area contributed by atoms with E-state index in [-0.39, 0.29) is 12.5 Å². The number of guanidine groups is 1. The average molecular weight is 411 g/mol. The number of fused-ring (bicyclic) bond motifs is 1. The standard InChI is InChI=1S/C23H30N4O3/c1-4-24-22(28)16-30-20-11-10-17(14-21(20)29-3)15-26-23(25-5-2)27-13-12-18-8-6-7-9-19(18)27/h6-11,14H,4-5,12-13,15-16H2,1-3H3,(H,24,28)(H,25,26). The number of aliphatic imine (C=N–C) groups is 1. The molecule has 0 radical (unpaired) electrons. The topological polar surface area (TPSA) is 75.2 Å². The molecule has 2 N–H and O–H groups in total. The van der Waals surface area contributed by atoms with Crippen molar-refractivity contribution in [1.82, 2.24) is 10.6 Å². The van der Waals surface area contributed by atoms with Gasteiger partial charge in [0.25, 0.3) is 5.91 Å². The van der Waals surface area contributed by atoms with Gasteiger partial charge in [0.15, 0.2) is 24.1 Å². The predicted molar refractivity (Wildman–Crippen MR) is 119 cm³/mol. The number of nitrogens with one attached hydrogen (secondary N) is 2. The highest BCUT2D eigenvalue weighted by molar-refractivity contribution is 5.97. The summed E-state index contributed by atoms with van der Waals surface area (Å²) in [6.45, 7) is 6.70. The highest BCUT2D eigenvalue weighted by atomic mass is 16.5. The van der Waals surface area contributed by atoms with Gasteiger partial charge >= 0.3 is 0 Å². The molecular weight excluding hydrogens is 380 g/mol. The molecule has 7 nitrogen and oxygen atoms in total. The molecule has 0 aromatic heterocycles. The number of benzene rings is 2. The number of carbonyl (C=O) groups excluding carboxylic acids is 1. The summed E-state index contributed by atoms with van der Waals surface area (Å²) < 4.78 is 11.0. The second-order valence-electron chi connectivity index (χ2n) is 6.93. The fraction of sp³-hybridized carbons (Fsp3) is 0.391. The van der Waals surface area contributed by atoms with Crippen LogP contribution in [0.5, 0.6) is 11.5 Å². The van der Waals surface area contributed by atoms with Crippen molar-refractivity contribution in [3.8, 4) is 11.5 Å². The maximum Gasteiger partial charge on any atom is 0.257 e. The van der Waals surface area contributed by atoms with Gasteiger partial charge in [-0.25, -0.2) is 4.99 Å². The molecule has 1 aliphatic heterocycles. The highest BCUT2D eigenvalue weighted by Gasteiger charge is 2.22. The van der Waals surface area contributed by atoms with Crippen molar-refractivity contribution in [1.29, 1.82) is 0 Å². The lowest BCUT2D eigenvalue weighted by atomic mass is 10.2. The van der Waals surface area contributed by atoms with E-state index in [0.29, 0.717) is 24.6 Å². The molecule has 2 aromatic carbocycles. The first kappa shape index (κ1) is 21.5. The van der Waals surface area contributed by atoms with E-state index in [1.807, 2.05) is 25.1 Å². The van der Waals surface area contributed by atoms with Gasteiger partial charge in [0.2, 0.25) is 0 Å². The predicted octanol–water partition coefficient (Wildman–Crippen LogP) is 2.74. The minimum atomic E-state index is -0.158. The van der Waals surface area contributed by atoms with Gasteiger partial charge in [-0.15, -0.1) is 0 Å². The van der Waals surface area contributed by atoms with Crippen molar-refractivity contribution in [2.24, 2.45) is 4.99 Å². The minimum Gasteiger partial charge on any atom is -0.493 e. The van der Waals surface area contributed by atoms with E-state index in [4.69, 9.17) is 14.5 Å². The number of rotatable bonds is 8. The molecule has 2 aromatic rings. The number of carbonyl (C=O) groups is 1. The zero-order valence-electron chi connectivity index (χ0n) is 17.9. The molecule has 0 saturated heterocycles. The summed E-state index contributed by atoms with van der Waals surface area (Å²) in [5, 5.41) is 6.10. The van der Waals surface area contributed by atoms with Crippen LogP contribution in [0, 0.1) is 0 Å². The molecule has 0 spiro atoms. The Morgan fingerprint density at radius 1 is 1.10 bits per heavy atom. The van der Waals surface area contributed by atoms with Crippen LogP contribution in [0.15, 0.2) is 47.5 Å². The monoisotopic (exact) mass is 410 g/mol. The molecule has 3 rings (SSSR count). The van der Waals surface area contributed by atoms with E-state index in [9.17, 15) is 4.79 Å². The lowest BCUT2D eigenvalue weighted by molar-refractivity contribution is -0.123. The van der Waals surface area contributed by atoms with Crippen LogP contribution in [0.1, 0.15) is 25.0 Å². The van der Waals surface area contributed by atoms with Gasteiger partial charge in [-0.3, -0.25) is 4.79 Å². The Balaban J connectivity index is 1.72. The van der Waals surface area contributed by atoms with Crippen LogP contribution in [0.25, 0.3) is 0 Å². The number of anilines is 1. The SMILES string of the molecule is CCNC(=O)COc1ccc(CN=C(NCC)N2CCc3ccccc32)cc1OC. The summed E-state index contributed by atoms with van der Waals surface area (Å²) >= 11 is 0. The molecular formula is C23H30N4O3. The summed E-state index contributed by atoms with van der Waals surface area (Å²) in [4.78, 5) is 18.7. The van der Waals surface area contributed by atoms with Crippen molar-refractivity contribution in [2.75, 3.05) is 38.3 Å². The van der Waals surface area contributed by atoms with Crippen LogP contribution in [0.3, 0.4) is 0 Å². The molecule has 1 heterocycles. The van der Waals surface area contributed by atoms with Crippen LogP contribution >= 0.6 is 0 Å². The van der Waals surface area contributed by atoms with Crippen molar-refractivity contribution in [3.05, 3.63) is 53.6 Å². The Bertz CT molecular complexity index is 898. The van der Waals surface area contributed by atoms with Gasteiger partial charge in [0.1, 0.15) is 0 Å². The molecule has 160 valence electrons. The highest BCUT2D eigenvalue weighted by Crippen LogP contribution is 2.29. The van der Waals surface area contributed by atoms with Crippen LogP contribution in [-0.2, 0) is 17.8 Å². The molecule has 1 amide bonds. The number of nitrogens with zero attached hydrogens (tertiary/aromatic N) is 2. The van der Waals surface area contributed by atoms with Gasteiger partial charge in [0.05, 0.1) is 13.7 Å². The van der Waals surface area contributed by atoms with Crippen LogP contribution in [0.4, 0.5) is 5.69 Å². The van der Waals surface area contributed by atoms with E-state index in [1.165, 1.54) is 11.3 Å². The second kappa shape index (κ2) is 10.5. The normalized spacial score (nSPS) is 13.0. The van der Waals surface area contributed by atoms with Crippen molar-refractivity contribution in [3.63, 3.8) is 0 Å². The van der Waals surface area contributed by atoms with E-state index < -0.39 is 0 Å². The van der Waals surface area contributed by atoms with Crippen LogP contribution in [0.2, 0.25) is 0 Å². The van der Waals surface area contributed by atoms with E-state index in [0.717, 1.165) is 31.0 Å². The van der Waals surface area contributed by atoms with E-state index in [1.54, 1.807) is 7.11 Å². The molecule has 0 unspecified atom stereocenters.